The summed E-state index contributed by atoms with van der Waals surface area (Å²) in [5.41, 5.74) is 0.911. The Morgan fingerprint density at radius 1 is 1.18 bits per heavy atom. The lowest BCUT2D eigenvalue weighted by Crippen LogP contribution is -2.31. The predicted molar refractivity (Wildman–Crippen MR) is 83.1 cm³/mol. The molecule has 0 atom stereocenters. The highest BCUT2D eigenvalue weighted by Crippen LogP contribution is 2.24. The van der Waals surface area contributed by atoms with Crippen molar-refractivity contribution < 1.29 is 19.1 Å². The summed E-state index contributed by atoms with van der Waals surface area (Å²) in [6.45, 7) is 0.299. The van der Waals surface area contributed by atoms with Crippen molar-refractivity contribution in [2.75, 3.05) is 26.6 Å². The molecule has 22 heavy (non-hydrogen) atoms. The number of ether oxygens (including phenoxy) is 2. The highest BCUT2D eigenvalue weighted by atomic mass is 35.5. The molecule has 1 heterocycles. The normalized spacial score (nSPS) is 16.1. The van der Waals surface area contributed by atoms with E-state index in [9.17, 15) is 9.59 Å². The number of methoxy groups -OCH3 is 2. The first-order valence-corrected chi connectivity index (χ1v) is 7.26. The van der Waals surface area contributed by atoms with Gasteiger partial charge < -0.3 is 14.8 Å². The molecular formula is C15H17ClN2O4. The second kappa shape index (κ2) is 7.17. The Labute approximate surface area is 133 Å². The van der Waals surface area contributed by atoms with Crippen molar-refractivity contribution in [2.24, 2.45) is 0 Å². The summed E-state index contributed by atoms with van der Waals surface area (Å²) in [4.78, 5) is 25.1. The van der Waals surface area contributed by atoms with E-state index < -0.39 is 6.03 Å². The molecule has 1 aromatic rings. The fourth-order valence-electron chi connectivity index (χ4n) is 2.07. The lowest BCUT2D eigenvalue weighted by Gasteiger charge is -2.09. The molecule has 0 radical (unpaired) electrons. The van der Waals surface area contributed by atoms with Gasteiger partial charge in [-0.05, 0) is 30.2 Å². The molecule has 1 saturated heterocycles. The minimum Gasteiger partial charge on any atom is -0.497 e. The van der Waals surface area contributed by atoms with Gasteiger partial charge >= 0.3 is 6.03 Å². The number of hydrogen-bond donors (Lipinski definition) is 1. The number of alkyl halides is 1. The van der Waals surface area contributed by atoms with Crippen molar-refractivity contribution in [3.63, 3.8) is 0 Å². The SMILES string of the molecule is COc1cc(/C=C2/NC(=O)N(CCCCl)C2=O)cc(OC)c1. The Morgan fingerprint density at radius 2 is 1.82 bits per heavy atom. The van der Waals surface area contributed by atoms with Crippen LogP contribution in [0.15, 0.2) is 23.9 Å². The summed E-state index contributed by atoms with van der Waals surface area (Å²) < 4.78 is 10.4. The molecule has 1 aromatic carbocycles. The van der Waals surface area contributed by atoms with Gasteiger partial charge in [0.1, 0.15) is 17.2 Å². The zero-order valence-corrected chi connectivity index (χ0v) is 13.1. The van der Waals surface area contributed by atoms with Gasteiger partial charge in [-0.15, -0.1) is 11.6 Å². The Bertz CT molecular complexity index is 593. The van der Waals surface area contributed by atoms with E-state index in [2.05, 4.69) is 5.32 Å². The van der Waals surface area contributed by atoms with Crippen molar-refractivity contribution in [3.8, 4) is 11.5 Å². The number of hydrogen-bond acceptors (Lipinski definition) is 4. The number of benzene rings is 1. The van der Waals surface area contributed by atoms with Crippen molar-refractivity contribution in [1.82, 2.24) is 10.2 Å². The number of nitrogens with zero attached hydrogens (tertiary/aromatic N) is 1. The summed E-state index contributed by atoms with van der Waals surface area (Å²) in [7, 11) is 3.09. The molecule has 0 unspecified atom stereocenters. The summed E-state index contributed by atoms with van der Waals surface area (Å²) >= 11 is 5.60. The average molecular weight is 325 g/mol. The predicted octanol–water partition coefficient (Wildman–Crippen LogP) is 2.23. The summed E-state index contributed by atoms with van der Waals surface area (Å²) in [5, 5.41) is 2.56. The smallest absolute Gasteiger partial charge is 0.329 e. The number of amides is 3. The number of imide groups is 1. The molecule has 0 aromatic heterocycles. The van der Waals surface area contributed by atoms with Gasteiger partial charge in [0, 0.05) is 18.5 Å². The van der Waals surface area contributed by atoms with Gasteiger partial charge in [-0.1, -0.05) is 0 Å². The first-order valence-electron chi connectivity index (χ1n) is 6.72. The van der Waals surface area contributed by atoms with Gasteiger partial charge in [-0.25, -0.2) is 4.79 Å². The number of carbonyl (C=O) groups is 2. The molecule has 3 amide bonds. The van der Waals surface area contributed by atoms with Crippen LogP contribution in [0, 0.1) is 0 Å². The number of urea groups is 1. The molecule has 7 heteroatoms. The van der Waals surface area contributed by atoms with Crippen molar-refractivity contribution >= 4 is 29.6 Å². The molecule has 2 rings (SSSR count). The summed E-state index contributed by atoms with van der Waals surface area (Å²) in [5.74, 6) is 1.23. The van der Waals surface area contributed by atoms with Crippen LogP contribution >= 0.6 is 11.6 Å². The standard InChI is InChI=1S/C15H17ClN2O4/c1-21-11-6-10(7-12(9-11)22-2)8-13-14(19)18(5-3-4-16)15(20)17-13/h6-9H,3-5H2,1-2H3,(H,17,20)/b13-8+. The van der Waals surface area contributed by atoms with Crippen LogP contribution in [0.1, 0.15) is 12.0 Å². The maximum absolute atomic E-state index is 12.2. The Balaban J connectivity index is 2.26. The molecule has 1 N–H and O–H groups in total. The minimum absolute atomic E-state index is 0.217. The van der Waals surface area contributed by atoms with Crippen molar-refractivity contribution in [2.45, 2.75) is 6.42 Å². The second-order valence-corrected chi connectivity index (χ2v) is 5.01. The maximum atomic E-state index is 12.2. The van der Waals surface area contributed by atoms with Crippen LogP contribution in [0.4, 0.5) is 4.79 Å². The second-order valence-electron chi connectivity index (χ2n) is 4.63. The summed E-state index contributed by atoms with van der Waals surface area (Å²) in [6, 6.07) is 4.78. The fourth-order valence-corrected chi connectivity index (χ4v) is 2.19. The van der Waals surface area contributed by atoms with E-state index in [1.807, 2.05) is 0 Å². The third-order valence-corrected chi connectivity index (χ3v) is 3.43. The lowest BCUT2D eigenvalue weighted by molar-refractivity contribution is -0.122. The average Bonchev–Trinajstić information content (AvgIpc) is 2.79. The van der Waals surface area contributed by atoms with Gasteiger partial charge in [-0.2, -0.15) is 0 Å². The Kier molecular flexibility index (Phi) is 5.27. The first kappa shape index (κ1) is 16.2. The molecular weight excluding hydrogens is 308 g/mol. The van der Waals surface area contributed by atoms with Crippen LogP contribution in [0.3, 0.4) is 0 Å². The molecule has 0 spiro atoms. The van der Waals surface area contributed by atoms with Crippen LogP contribution in [-0.4, -0.2) is 43.5 Å². The largest absolute Gasteiger partial charge is 0.497 e. The monoisotopic (exact) mass is 324 g/mol. The molecule has 1 fully saturated rings. The van der Waals surface area contributed by atoms with Gasteiger partial charge in [0.05, 0.1) is 14.2 Å². The highest BCUT2D eigenvalue weighted by molar-refractivity contribution is 6.18. The molecule has 1 aliphatic heterocycles. The number of rotatable bonds is 6. The number of carbonyl (C=O) groups excluding carboxylic acids is 2. The van der Waals surface area contributed by atoms with E-state index >= 15 is 0 Å². The number of halogens is 1. The van der Waals surface area contributed by atoms with E-state index in [1.165, 1.54) is 0 Å². The highest BCUT2D eigenvalue weighted by Gasteiger charge is 2.32. The molecule has 0 saturated carbocycles. The summed E-state index contributed by atoms with van der Waals surface area (Å²) in [6.07, 6.45) is 2.15. The fraction of sp³-hybridized carbons (Fsp3) is 0.333. The third kappa shape index (κ3) is 3.51. The van der Waals surface area contributed by atoms with Crippen LogP contribution in [0.5, 0.6) is 11.5 Å². The van der Waals surface area contributed by atoms with E-state index in [-0.39, 0.29) is 11.6 Å². The topological polar surface area (TPSA) is 67.9 Å². The number of nitrogens with one attached hydrogen (secondary N) is 1. The molecule has 1 aliphatic rings. The van der Waals surface area contributed by atoms with Crippen molar-refractivity contribution in [1.29, 1.82) is 0 Å². The minimum atomic E-state index is -0.434. The molecule has 6 nitrogen and oxygen atoms in total. The van der Waals surface area contributed by atoms with Crippen LogP contribution < -0.4 is 14.8 Å². The van der Waals surface area contributed by atoms with E-state index in [0.29, 0.717) is 35.9 Å². The van der Waals surface area contributed by atoms with E-state index in [1.54, 1.807) is 38.5 Å². The van der Waals surface area contributed by atoms with Gasteiger partial charge in [0.15, 0.2) is 0 Å². The first-order chi connectivity index (χ1) is 10.6. The van der Waals surface area contributed by atoms with Crippen LogP contribution in [-0.2, 0) is 4.79 Å². The van der Waals surface area contributed by atoms with Crippen LogP contribution in [0.2, 0.25) is 0 Å². The Hall–Kier alpha value is -2.21. The molecule has 0 bridgehead atoms. The zero-order valence-electron chi connectivity index (χ0n) is 12.4. The lowest BCUT2D eigenvalue weighted by atomic mass is 10.1. The van der Waals surface area contributed by atoms with E-state index in [4.69, 9.17) is 21.1 Å². The maximum Gasteiger partial charge on any atom is 0.329 e. The third-order valence-electron chi connectivity index (χ3n) is 3.16. The van der Waals surface area contributed by atoms with Crippen LogP contribution in [0.25, 0.3) is 6.08 Å². The van der Waals surface area contributed by atoms with Crippen molar-refractivity contribution in [3.05, 3.63) is 29.5 Å². The zero-order chi connectivity index (χ0) is 16.1. The quantitative estimate of drug-likeness (QED) is 0.495. The van der Waals surface area contributed by atoms with Gasteiger partial charge in [-0.3, -0.25) is 9.69 Å². The Morgan fingerprint density at radius 3 is 2.36 bits per heavy atom. The van der Waals surface area contributed by atoms with E-state index in [0.717, 1.165) is 4.90 Å². The molecule has 0 aliphatic carbocycles. The van der Waals surface area contributed by atoms with Gasteiger partial charge in [0.2, 0.25) is 0 Å². The molecule has 118 valence electrons. The van der Waals surface area contributed by atoms with Gasteiger partial charge in [0.25, 0.3) is 5.91 Å².